The summed E-state index contributed by atoms with van der Waals surface area (Å²) in [5, 5.41) is 0. The molecule has 0 aliphatic carbocycles. The number of anilines is 1. The molecule has 0 aromatic heterocycles. The fourth-order valence-corrected chi connectivity index (χ4v) is 2.07. The van der Waals surface area contributed by atoms with Crippen molar-refractivity contribution in [1.82, 2.24) is 0 Å². The standard InChI is InChI=1S/C12H14F3NO/c1-11(2)7-16(3)9-5-4-8(12(13,14)15)6-10(9)17-11/h4-6H,7H2,1-3H3. The molecule has 94 valence electrons. The molecular formula is C12H14F3NO. The van der Waals surface area contributed by atoms with Crippen LogP contribution >= 0.6 is 0 Å². The number of benzene rings is 1. The molecule has 0 saturated heterocycles. The molecule has 0 fully saturated rings. The second-order valence-electron chi connectivity index (χ2n) is 4.90. The first-order chi connectivity index (χ1) is 7.69. The van der Waals surface area contributed by atoms with Crippen LogP contribution in [-0.2, 0) is 6.18 Å². The lowest BCUT2D eigenvalue weighted by molar-refractivity contribution is -0.137. The maximum atomic E-state index is 12.6. The van der Waals surface area contributed by atoms with Crippen molar-refractivity contribution in [3.8, 4) is 5.75 Å². The van der Waals surface area contributed by atoms with Gasteiger partial charge in [0.05, 0.1) is 17.8 Å². The molecule has 0 spiro atoms. The van der Waals surface area contributed by atoms with Gasteiger partial charge in [-0.3, -0.25) is 0 Å². The summed E-state index contributed by atoms with van der Waals surface area (Å²) in [5.41, 5.74) is -0.467. The third-order valence-corrected chi connectivity index (χ3v) is 2.70. The average molecular weight is 245 g/mol. The second-order valence-corrected chi connectivity index (χ2v) is 4.90. The minimum atomic E-state index is -4.33. The number of hydrogen-bond acceptors (Lipinski definition) is 2. The van der Waals surface area contributed by atoms with E-state index in [-0.39, 0.29) is 0 Å². The molecule has 0 N–H and O–H groups in total. The summed E-state index contributed by atoms with van der Waals surface area (Å²) < 4.78 is 43.3. The maximum Gasteiger partial charge on any atom is 0.416 e. The van der Waals surface area contributed by atoms with E-state index in [0.717, 1.165) is 12.1 Å². The first-order valence-corrected chi connectivity index (χ1v) is 5.30. The van der Waals surface area contributed by atoms with Crippen molar-refractivity contribution < 1.29 is 17.9 Å². The fraction of sp³-hybridized carbons (Fsp3) is 0.500. The van der Waals surface area contributed by atoms with E-state index in [9.17, 15) is 13.2 Å². The van der Waals surface area contributed by atoms with Gasteiger partial charge >= 0.3 is 6.18 Å². The van der Waals surface area contributed by atoms with Crippen molar-refractivity contribution >= 4 is 5.69 Å². The van der Waals surface area contributed by atoms with Gasteiger partial charge in [-0.05, 0) is 32.0 Å². The number of nitrogens with zero attached hydrogens (tertiary/aromatic N) is 1. The van der Waals surface area contributed by atoms with E-state index in [1.54, 1.807) is 0 Å². The monoisotopic (exact) mass is 245 g/mol. The summed E-state index contributed by atoms with van der Waals surface area (Å²) >= 11 is 0. The van der Waals surface area contributed by atoms with Gasteiger partial charge in [0, 0.05) is 7.05 Å². The van der Waals surface area contributed by atoms with Crippen LogP contribution < -0.4 is 9.64 Å². The molecular weight excluding hydrogens is 231 g/mol. The Kier molecular flexibility index (Phi) is 2.52. The summed E-state index contributed by atoms with van der Waals surface area (Å²) in [5.74, 6) is 0.290. The van der Waals surface area contributed by atoms with Crippen LogP contribution in [0.15, 0.2) is 18.2 Å². The highest BCUT2D eigenvalue weighted by Crippen LogP contribution is 2.40. The maximum absolute atomic E-state index is 12.6. The highest BCUT2D eigenvalue weighted by atomic mass is 19.4. The molecule has 2 rings (SSSR count). The lowest BCUT2D eigenvalue weighted by Gasteiger charge is -2.39. The Labute approximate surface area is 98.0 Å². The molecule has 2 nitrogen and oxygen atoms in total. The van der Waals surface area contributed by atoms with Crippen LogP contribution in [0.25, 0.3) is 0 Å². The van der Waals surface area contributed by atoms with Crippen LogP contribution in [-0.4, -0.2) is 19.2 Å². The summed E-state index contributed by atoms with van der Waals surface area (Å²) in [4.78, 5) is 1.90. The van der Waals surface area contributed by atoms with Gasteiger partial charge in [0.25, 0.3) is 0 Å². The molecule has 0 radical (unpaired) electrons. The minimum absolute atomic E-state index is 0.290. The van der Waals surface area contributed by atoms with E-state index >= 15 is 0 Å². The topological polar surface area (TPSA) is 12.5 Å². The lowest BCUT2D eigenvalue weighted by Crippen LogP contribution is -2.45. The van der Waals surface area contributed by atoms with E-state index in [1.165, 1.54) is 6.07 Å². The van der Waals surface area contributed by atoms with Gasteiger partial charge in [0.2, 0.25) is 0 Å². The quantitative estimate of drug-likeness (QED) is 0.695. The van der Waals surface area contributed by atoms with Crippen molar-refractivity contribution in [2.75, 3.05) is 18.5 Å². The molecule has 1 aromatic carbocycles. The van der Waals surface area contributed by atoms with Crippen LogP contribution in [0.5, 0.6) is 5.75 Å². The van der Waals surface area contributed by atoms with Crippen molar-refractivity contribution in [3.05, 3.63) is 23.8 Å². The van der Waals surface area contributed by atoms with E-state index in [4.69, 9.17) is 4.74 Å². The molecule has 0 amide bonds. The van der Waals surface area contributed by atoms with Crippen molar-refractivity contribution in [1.29, 1.82) is 0 Å². The molecule has 1 heterocycles. The number of ether oxygens (including phenoxy) is 1. The number of likely N-dealkylation sites (N-methyl/N-ethyl adjacent to an activating group) is 1. The Hall–Kier alpha value is -1.39. The Balaban J connectivity index is 2.45. The highest BCUT2D eigenvalue weighted by Gasteiger charge is 2.35. The van der Waals surface area contributed by atoms with Crippen molar-refractivity contribution in [2.24, 2.45) is 0 Å². The number of halogens is 3. The number of fused-ring (bicyclic) bond motifs is 1. The number of alkyl halides is 3. The third-order valence-electron chi connectivity index (χ3n) is 2.70. The third kappa shape index (κ3) is 2.33. The highest BCUT2D eigenvalue weighted by molar-refractivity contribution is 5.61. The van der Waals surface area contributed by atoms with Crippen LogP contribution in [0.3, 0.4) is 0 Å². The predicted octanol–water partition coefficient (Wildman–Crippen LogP) is 3.31. The zero-order chi connectivity index (χ0) is 12.8. The molecule has 1 aliphatic rings. The van der Waals surface area contributed by atoms with Gasteiger partial charge in [-0.1, -0.05) is 0 Å². The largest absolute Gasteiger partial charge is 0.484 e. The summed E-state index contributed by atoms with van der Waals surface area (Å²) in [6, 6.07) is 3.59. The molecule has 0 bridgehead atoms. The molecule has 5 heteroatoms. The fourth-order valence-electron chi connectivity index (χ4n) is 2.07. The predicted molar refractivity (Wildman–Crippen MR) is 59.4 cm³/mol. The average Bonchev–Trinajstić information content (AvgIpc) is 2.13. The van der Waals surface area contributed by atoms with Gasteiger partial charge in [0.15, 0.2) is 0 Å². The van der Waals surface area contributed by atoms with E-state index < -0.39 is 17.3 Å². The second kappa shape index (κ2) is 3.55. The van der Waals surface area contributed by atoms with Gasteiger partial charge < -0.3 is 9.64 Å². The molecule has 0 atom stereocenters. The zero-order valence-corrected chi connectivity index (χ0v) is 9.93. The first kappa shape index (κ1) is 12.1. The van der Waals surface area contributed by atoms with E-state index in [2.05, 4.69) is 0 Å². The van der Waals surface area contributed by atoms with Gasteiger partial charge in [-0.15, -0.1) is 0 Å². The lowest BCUT2D eigenvalue weighted by atomic mass is 10.0. The summed E-state index contributed by atoms with van der Waals surface area (Å²) in [6.45, 7) is 4.35. The summed E-state index contributed by atoms with van der Waals surface area (Å²) in [6.07, 6.45) is -4.33. The summed E-state index contributed by atoms with van der Waals surface area (Å²) in [7, 11) is 1.84. The Morgan fingerprint density at radius 3 is 2.53 bits per heavy atom. The van der Waals surface area contributed by atoms with E-state index in [1.807, 2.05) is 25.8 Å². The van der Waals surface area contributed by atoms with E-state index in [0.29, 0.717) is 18.0 Å². The van der Waals surface area contributed by atoms with Crippen LogP contribution in [0.2, 0.25) is 0 Å². The number of rotatable bonds is 0. The zero-order valence-electron chi connectivity index (χ0n) is 9.93. The molecule has 0 unspecified atom stereocenters. The Morgan fingerprint density at radius 1 is 1.29 bits per heavy atom. The van der Waals surface area contributed by atoms with Crippen LogP contribution in [0.4, 0.5) is 18.9 Å². The van der Waals surface area contributed by atoms with Gasteiger partial charge in [-0.2, -0.15) is 13.2 Å². The van der Waals surface area contributed by atoms with Gasteiger partial charge in [0.1, 0.15) is 11.4 Å². The van der Waals surface area contributed by atoms with Crippen LogP contribution in [0.1, 0.15) is 19.4 Å². The van der Waals surface area contributed by atoms with Crippen molar-refractivity contribution in [2.45, 2.75) is 25.6 Å². The first-order valence-electron chi connectivity index (χ1n) is 5.30. The number of hydrogen-bond donors (Lipinski definition) is 0. The normalized spacial score (nSPS) is 18.6. The smallest absolute Gasteiger partial charge is 0.416 e. The molecule has 1 aromatic rings. The van der Waals surface area contributed by atoms with Gasteiger partial charge in [-0.25, -0.2) is 0 Å². The molecule has 17 heavy (non-hydrogen) atoms. The SMILES string of the molecule is CN1CC(C)(C)Oc2cc(C(F)(F)F)ccc21. The molecule has 0 saturated carbocycles. The Morgan fingerprint density at radius 2 is 1.94 bits per heavy atom. The van der Waals surface area contributed by atoms with Crippen molar-refractivity contribution in [3.63, 3.8) is 0 Å². The Bertz CT molecular complexity index is 440. The molecule has 1 aliphatic heterocycles. The van der Waals surface area contributed by atoms with Crippen LogP contribution in [0, 0.1) is 0 Å². The minimum Gasteiger partial charge on any atom is -0.484 e.